The summed E-state index contributed by atoms with van der Waals surface area (Å²) in [6.45, 7) is 4.48. The molecule has 0 aliphatic carbocycles. The summed E-state index contributed by atoms with van der Waals surface area (Å²) in [4.78, 5) is 42.9. The van der Waals surface area contributed by atoms with Crippen LogP contribution in [0, 0.1) is 12.3 Å². The lowest BCUT2D eigenvalue weighted by molar-refractivity contribution is -0.172. The van der Waals surface area contributed by atoms with Crippen molar-refractivity contribution in [3.63, 3.8) is 0 Å². The number of aryl methyl sites for hydroxylation is 1. The molecule has 0 bridgehead atoms. The summed E-state index contributed by atoms with van der Waals surface area (Å²) >= 11 is 0. The second kappa shape index (κ2) is 9.93. The van der Waals surface area contributed by atoms with E-state index in [4.69, 9.17) is 25.6 Å². The Morgan fingerprint density at radius 2 is 2.11 bits per heavy atom. The molecule has 1 amide bonds. The van der Waals surface area contributed by atoms with Crippen LogP contribution in [-0.2, 0) is 39.4 Å². The zero-order valence-corrected chi connectivity index (χ0v) is 21.1. The van der Waals surface area contributed by atoms with Gasteiger partial charge in [-0.25, -0.2) is 14.6 Å². The predicted octanol–water partition coefficient (Wildman–Crippen LogP) is 2.38. The molecule has 10 heteroatoms. The number of ether oxygens (including phenoxy) is 3. The van der Waals surface area contributed by atoms with Crippen LogP contribution in [0.25, 0.3) is 22.3 Å². The minimum atomic E-state index is -1.88. The molecule has 3 aromatic rings. The van der Waals surface area contributed by atoms with Gasteiger partial charge in [0.1, 0.15) is 19.0 Å². The van der Waals surface area contributed by atoms with Crippen molar-refractivity contribution in [2.24, 2.45) is 0 Å². The first-order valence-corrected chi connectivity index (χ1v) is 12.4. The first-order valence-electron chi connectivity index (χ1n) is 12.4. The molecule has 1 aromatic carbocycles. The van der Waals surface area contributed by atoms with Crippen molar-refractivity contribution < 1.29 is 28.9 Å². The molecule has 4 heterocycles. The van der Waals surface area contributed by atoms with Crippen LogP contribution in [0.4, 0.5) is 4.79 Å². The number of nitrogens with one attached hydrogen (secondary N) is 1. The number of hydrogen-bond donors (Lipinski definition) is 2. The van der Waals surface area contributed by atoms with E-state index in [1.54, 1.807) is 35.8 Å². The summed E-state index contributed by atoms with van der Waals surface area (Å²) in [6, 6.07) is 6.86. The van der Waals surface area contributed by atoms with Gasteiger partial charge >= 0.3 is 12.1 Å². The summed E-state index contributed by atoms with van der Waals surface area (Å²) in [6.07, 6.45) is 5.22. The predicted molar refractivity (Wildman–Crippen MR) is 138 cm³/mol. The van der Waals surface area contributed by atoms with Crippen molar-refractivity contribution in [2.45, 2.75) is 45.4 Å². The number of amides is 1. The molecule has 5 rings (SSSR count). The molecule has 1 atom stereocenters. The molecular formula is C28H27N3O7. The molecule has 2 aliphatic heterocycles. The van der Waals surface area contributed by atoms with Crippen LogP contribution >= 0.6 is 0 Å². The van der Waals surface area contributed by atoms with E-state index < -0.39 is 17.7 Å². The van der Waals surface area contributed by atoms with E-state index >= 15 is 0 Å². The minimum absolute atomic E-state index is 0.0776. The second-order valence-electron chi connectivity index (χ2n) is 9.13. The van der Waals surface area contributed by atoms with Crippen LogP contribution in [0.15, 0.2) is 29.1 Å². The maximum Gasteiger partial charge on any atom is 0.412 e. The Morgan fingerprint density at radius 1 is 1.29 bits per heavy atom. The number of aromatic nitrogens is 2. The van der Waals surface area contributed by atoms with Crippen molar-refractivity contribution in [1.82, 2.24) is 14.9 Å². The quantitative estimate of drug-likeness (QED) is 0.217. The first-order chi connectivity index (χ1) is 18.3. The van der Waals surface area contributed by atoms with Crippen LogP contribution < -0.4 is 15.6 Å². The lowest BCUT2D eigenvalue weighted by Crippen LogP contribution is -2.44. The van der Waals surface area contributed by atoms with Gasteiger partial charge in [-0.15, -0.1) is 6.42 Å². The largest absolute Gasteiger partial charge is 0.458 e. The van der Waals surface area contributed by atoms with Crippen LogP contribution in [0.3, 0.4) is 0 Å². The van der Waals surface area contributed by atoms with E-state index in [-0.39, 0.29) is 49.5 Å². The monoisotopic (exact) mass is 517 g/mol. The maximum absolute atomic E-state index is 13.4. The van der Waals surface area contributed by atoms with Gasteiger partial charge in [0.25, 0.3) is 5.56 Å². The second-order valence-corrected chi connectivity index (χ2v) is 9.13. The lowest BCUT2D eigenvalue weighted by Gasteiger charge is -2.31. The Labute approximate surface area is 218 Å². The van der Waals surface area contributed by atoms with E-state index in [1.807, 2.05) is 6.92 Å². The molecule has 0 fully saturated rings. The van der Waals surface area contributed by atoms with Gasteiger partial charge in [-0.3, -0.25) is 4.79 Å². The number of aliphatic hydroxyl groups is 1. The van der Waals surface area contributed by atoms with Gasteiger partial charge in [0, 0.05) is 23.1 Å². The normalized spacial score (nSPS) is 17.3. The fourth-order valence-electron chi connectivity index (χ4n) is 5.11. The average Bonchev–Trinajstić information content (AvgIpc) is 3.28. The third kappa shape index (κ3) is 4.10. The number of nitrogens with zero attached hydrogens (tertiary/aromatic N) is 2. The van der Waals surface area contributed by atoms with Crippen molar-refractivity contribution in [3.05, 3.63) is 56.9 Å². The molecule has 0 saturated heterocycles. The van der Waals surface area contributed by atoms with Gasteiger partial charge in [-0.05, 0) is 42.7 Å². The molecule has 2 aliphatic rings. The number of rotatable bonds is 7. The van der Waals surface area contributed by atoms with E-state index in [9.17, 15) is 19.5 Å². The van der Waals surface area contributed by atoms with Crippen LogP contribution in [0.2, 0.25) is 0 Å². The number of carbonyl (C=O) groups excluding carboxylic acids is 2. The van der Waals surface area contributed by atoms with Gasteiger partial charge < -0.3 is 29.2 Å². The molecule has 0 spiro atoms. The Bertz CT molecular complexity index is 1570. The number of hydrogen-bond acceptors (Lipinski definition) is 8. The smallest absolute Gasteiger partial charge is 0.412 e. The number of terminal acetylenes is 1. The van der Waals surface area contributed by atoms with Crippen molar-refractivity contribution in [3.8, 4) is 29.5 Å². The van der Waals surface area contributed by atoms with Crippen LogP contribution in [0.1, 0.15) is 42.5 Å². The van der Waals surface area contributed by atoms with E-state index in [0.717, 1.165) is 16.5 Å². The van der Waals surface area contributed by atoms with Gasteiger partial charge in [0.05, 0.1) is 35.6 Å². The molecular weight excluding hydrogens is 490 g/mol. The fourth-order valence-corrected chi connectivity index (χ4v) is 5.11. The number of pyridine rings is 2. The molecule has 0 unspecified atom stereocenters. The standard InChI is InChI=1S/C28H27N3O7/c1-4-10-36-11-9-29-27(34)38-16-7-8-22-18(12-16)17(5-2)19-14-31-23(24(19)30-22)13-21-20(25(31)32)15-37-26(33)28(21,35)6-3/h1,7-8,12-13,35H,5-6,9-11,14-15H2,2-3H3,(H,29,34)/t28-/m0/s1. The summed E-state index contributed by atoms with van der Waals surface area (Å²) < 4.78 is 17.3. The third-order valence-electron chi connectivity index (χ3n) is 7.04. The first kappa shape index (κ1) is 25.4. The number of carbonyl (C=O) groups is 2. The van der Waals surface area contributed by atoms with Crippen molar-refractivity contribution in [2.75, 3.05) is 19.8 Å². The van der Waals surface area contributed by atoms with Gasteiger partial charge in [0.2, 0.25) is 0 Å². The highest BCUT2D eigenvalue weighted by Crippen LogP contribution is 2.40. The van der Waals surface area contributed by atoms with Gasteiger partial charge in [-0.2, -0.15) is 0 Å². The van der Waals surface area contributed by atoms with Crippen LogP contribution in [-0.4, -0.2) is 46.5 Å². The average molecular weight is 518 g/mol. The van der Waals surface area contributed by atoms with Crippen molar-refractivity contribution in [1.29, 1.82) is 0 Å². The number of cyclic esters (lactones) is 1. The summed E-state index contributed by atoms with van der Waals surface area (Å²) in [7, 11) is 0. The van der Waals surface area contributed by atoms with E-state index in [1.165, 1.54) is 0 Å². The zero-order valence-electron chi connectivity index (χ0n) is 21.1. The summed E-state index contributed by atoms with van der Waals surface area (Å²) in [5.41, 5.74) is 2.05. The highest BCUT2D eigenvalue weighted by molar-refractivity contribution is 5.90. The van der Waals surface area contributed by atoms with E-state index in [0.29, 0.717) is 35.6 Å². The summed E-state index contributed by atoms with van der Waals surface area (Å²) in [5.74, 6) is 1.94. The molecule has 196 valence electrons. The highest BCUT2D eigenvalue weighted by atomic mass is 16.6. The number of benzene rings is 1. The minimum Gasteiger partial charge on any atom is -0.458 e. The van der Waals surface area contributed by atoms with Gasteiger partial charge in [0.15, 0.2) is 5.60 Å². The Hall–Kier alpha value is -4.20. The third-order valence-corrected chi connectivity index (χ3v) is 7.04. The Morgan fingerprint density at radius 3 is 2.84 bits per heavy atom. The Balaban J connectivity index is 1.51. The van der Waals surface area contributed by atoms with Crippen molar-refractivity contribution >= 4 is 23.0 Å². The maximum atomic E-state index is 13.4. The molecule has 2 N–H and O–H groups in total. The van der Waals surface area contributed by atoms with E-state index in [2.05, 4.69) is 11.2 Å². The Kier molecular flexibility index (Phi) is 6.65. The number of fused-ring (bicyclic) bond motifs is 5. The number of esters is 1. The molecule has 38 heavy (non-hydrogen) atoms. The molecule has 10 nitrogen and oxygen atoms in total. The fraction of sp³-hybridized carbons (Fsp3) is 0.357. The van der Waals surface area contributed by atoms with Gasteiger partial charge in [-0.1, -0.05) is 19.8 Å². The highest BCUT2D eigenvalue weighted by Gasteiger charge is 2.45. The molecule has 0 radical (unpaired) electrons. The SMILES string of the molecule is C#CCOCCNC(=O)Oc1ccc2nc3c(c(CC)c2c1)Cn1c-3cc2c(c1=O)COC(=O)[C@]2(O)CC. The molecule has 0 saturated carbocycles. The summed E-state index contributed by atoms with van der Waals surface area (Å²) in [5, 5.41) is 14.5. The molecule has 2 aromatic heterocycles. The topological polar surface area (TPSA) is 129 Å². The lowest BCUT2D eigenvalue weighted by atomic mass is 9.86. The van der Waals surface area contributed by atoms with Crippen LogP contribution in [0.5, 0.6) is 5.75 Å². The zero-order chi connectivity index (χ0) is 27.0.